The summed E-state index contributed by atoms with van der Waals surface area (Å²) in [6.07, 6.45) is 5.39. The third-order valence-electron chi connectivity index (χ3n) is 3.92. The van der Waals surface area contributed by atoms with Gasteiger partial charge in [0.2, 0.25) is 0 Å². The first-order valence-corrected chi connectivity index (χ1v) is 9.34. The van der Waals surface area contributed by atoms with E-state index in [1.54, 1.807) is 19.6 Å². The van der Waals surface area contributed by atoms with Gasteiger partial charge >= 0.3 is 0 Å². The fraction of sp³-hybridized carbons (Fsp3) is 0.222. The molecule has 130 valence electrons. The lowest BCUT2D eigenvalue weighted by molar-refractivity contribution is 0.0941. The van der Waals surface area contributed by atoms with Gasteiger partial charge in [-0.25, -0.2) is 4.98 Å². The van der Waals surface area contributed by atoms with Crippen molar-refractivity contribution in [3.05, 3.63) is 62.8 Å². The first-order valence-electron chi connectivity index (χ1n) is 7.73. The number of aromatic nitrogens is 2. The minimum absolute atomic E-state index is 0.116. The van der Waals surface area contributed by atoms with E-state index in [1.807, 2.05) is 48.9 Å². The lowest BCUT2D eigenvalue weighted by Crippen LogP contribution is -2.26. The van der Waals surface area contributed by atoms with Crippen LogP contribution >= 0.6 is 27.3 Å². The molecule has 1 aromatic carbocycles. The van der Waals surface area contributed by atoms with E-state index in [-0.39, 0.29) is 11.9 Å². The number of carbonyl (C=O) groups is 1. The summed E-state index contributed by atoms with van der Waals surface area (Å²) < 4.78 is 8.13. The molecule has 3 rings (SSSR count). The molecule has 3 aromatic rings. The van der Waals surface area contributed by atoms with Crippen molar-refractivity contribution < 1.29 is 9.53 Å². The zero-order valence-corrected chi connectivity index (χ0v) is 16.5. The number of amides is 1. The number of halogens is 1. The maximum absolute atomic E-state index is 12.6. The molecule has 0 unspecified atom stereocenters. The molecule has 7 heteroatoms. The molecule has 0 saturated carbocycles. The molecule has 0 spiro atoms. The second kappa shape index (κ2) is 7.41. The van der Waals surface area contributed by atoms with Crippen molar-refractivity contribution in [1.29, 1.82) is 0 Å². The van der Waals surface area contributed by atoms with Crippen molar-refractivity contribution >= 4 is 33.2 Å². The Kier molecular flexibility index (Phi) is 5.24. The van der Waals surface area contributed by atoms with Crippen LogP contribution < -0.4 is 10.1 Å². The first-order chi connectivity index (χ1) is 12.0. The minimum Gasteiger partial charge on any atom is -0.494 e. The molecular formula is C18H18BrN3O2S. The highest BCUT2D eigenvalue weighted by Crippen LogP contribution is 2.39. The molecule has 1 atom stereocenters. The van der Waals surface area contributed by atoms with Crippen LogP contribution in [-0.2, 0) is 0 Å². The number of methoxy groups -OCH3 is 1. The highest BCUT2D eigenvalue weighted by atomic mass is 79.9. The summed E-state index contributed by atoms with van der Waals surface area (Å²) in [4.78, 5) is 18.3. The number of hydrogen-bond donors (Lipinski definition) is 1. The van der Waals surface area contributed by atoms with Gasteiger partial charge in [0, 0.05) is 23.0 Å². The zero-order valence-electron chi connectivity index (χ0n) is 14.1. The summed E-state index contributed by atoms with van der Waals surface area (Å²) >= 11 is 4.88. The standard InChI is InChI=1S/C18H18BrN3O2S/c1-11(13-4-6-14(7-5-13)22-9-8-20-10-22)21-18(23)17-16(24-3)15(19)12(2)25-17/h4-11H,1-3H3,(H,21,23)/t11-/m0/s1. The van der Waals surface area contributed by atoms with Crippen molar-refractivity contribution in [2.75, 3.05) is 7.11 Å². The van der Waals surface area contributed by atoms with Crippen LogP contribution in [0.3, 0.4) is 0 Å². The van der Waals surface area contributed by atoms with Crippen LogP contribution in [0.15, 0.2) is 47.5 Å². The van der Waals surface area contributed by atoms with Crippen LogP contribution in [0.1, 0.15) is 33.1 Å². The number of ether oxygens (including phenoxy) is 1. The van der Waals surface area contributed by atoms with Gasteiger partial charge in [-0.1, -0.05) is 12.1 Å². The normalized spacial score (nSPS) is 12.0. The lowest BCUT2D eigenvalue weighted by atomic mass is 10.1. The maximum Gasteiger partial charge on any atom is 0.265 e. The molecule has 1 N–H and O–H groups in total. The van der Waals surface area contributed by atoms with E-state index in [2.05, 4.69) is 26.2 Å². The number of thiophene rings is 1. The number of aryl methyl sites for hydroxylation is 1. The van der Waals surface area contributed by atoms with Crippen molar-refractivity contribution in [2.24, 2.45) is 0 Å². The summed E-state index contributed by atoms with van der Waals surface area (Å²) in [5.41, 5.74) is 2.06. The SMILES string of the molecule is COc1c(C(=O)N[C@@H](C)c2ccc(-n3ccnc3)cc2)sc(C)c1Br. The highest BCUT2D eigenvalue weighted by molar-refractivity contribution is 9.10. The van der Waals surface area contributed by atoms with Gasteiger partial charge in [-0.3, -0.25) is 4.79 Å². The Morgan fingerprint density at radius 1 is 1.36 bits per heavy atom. The van der Waals surface area contributed by atoms with Crippen LogP contribution in [0, 0.1) is 6.92 Å². The second-order valence-corrected chi connectivity index (χ2v) is 7.61. The maximum atomic E-state index is 12.6. The fourth-order valence-corrected chi connectivity index (χ4v) is 4.18. The van der Waals surface area contributed by atoms with E-state index < -0.39 is 0 Å². The molecule has 2 aromatic heterocycles. The van der Waals surface area contributed by atoms with Gasteiger partial charge in [-0.05, 0) is 47.5 Å². The predicted molar refractivity (Wildman–Crippen MR) is 103 cm³/mol. The number of carbonyl (C=O) groups excluding carboxylic acids is 1. The molecule has 0 aliphatic heterocycles. The largest absolute Gasteiger partial charge is 0.494 e. The van der Waals surface area contributed by atoms with Crippen molar-refractivity contribution in [1.82, 2.24) is 14.9 Å². The van der Waals surface area contributed by atoms with Crippen LogP contribution in [0.2, 0.25) is 0 Å². The third kappa shape index (κ3) is 3.62. The second-order valence-electron chi connectivity index (χ2n) is 5.59. The lowest BCUT2D eigenvalue weighted by Gasteiger charge is -2.15. The summed E-state index contributed by atoms with van der Waals surface area (Å²) in [5, 5.41) is 3.03. The molecular weight excluding hydrogens is 402 g/mol. The summed E-state index contributed by atoms with van der Waals surface area (Å²) in [6.45, 7) is 3.92. The zero-order chi connectivity index (χ0) is 18.0. The average molecular weight is 420 g/mol. The molecule has 2 heterocycles. The molecule has 1 amide bonds. The number of rotatable bonds is 5. The van der Waals surface area contributed by atoms with Crippen molar-refractivity contribution in [3.8, 4) is 11.4 Å². The van der Waals surface area contributed by atoms with E-state index >= 15 is 0 Å². The average Bonchev–Trinajstić information content (AvgIpc) is 3.24. The molecule has 0 bridgehead atoms. The van der Waals surface area contributed by atoms with E-state index in [0.29, 0.717) is 10.6 Å². The van der Waals surface area contributed by atoms with E-state index in [1.165, 1.54) is 11.3 Å². The summed E-state index contributed by atoms with van der Waals surface area (Å²) in [6, 6.07) is 7.91. The van der Waals surface area contributed by atoms with E-state index in [4.69, 9.17) is 4.74 Å². The molecule has 0 radical (unpaired) electrons. The molecule has 0 aliphatic rings. The van der Waals surface area contributed by atoms with Gasteiger partial charge in [-0.15, -0.1) is 11.3 Å². The number of nitrogens with one attached hydrogen (secondary N) is 1. The number of imidazole rings is 1. The van der Waals surface area contributed by atoms with Crippen LogP contribution in [0.4, 0.5) is 0 Å². The van der Waals surface area contributed by atoms with Crippen molar-refractivity contribution in [2.45, 2.75) is 19.9 Å². The van der Waals surface area contributed by atoms with Crippen LogP contribution in [0.5, 0.6) is 5.75 Å². The number of benzene rings is 1. The minimum atomic E-state index is -0.137. The summed E-state index contributed by atoms with van der Waals surface area (Å²) in [5.74, 6) is 0.449. The first kappa shape index (κ1) is 17.7. The highest BCUT2D eigenvalue weighted by Gasteiger charge is 2.22. The molecule has 0 saturated heterocycles. The monoisotopic (exact) mass is 419 g/mol. The molecule has 0 aliphatic carbocycles. The fourth-order valence-electron chi connectivity index (χ4n) is 2.53. The van der Waals surface area contributed by atoms with Gasteiger partial charge in [-0.2, -0.15) is 0 Å². The van der Waals surface area contributed by atoms with Gasteiger partial charge in [0.1, 0.15) is 4.88 Å². The molecule has 25 heavy (non-hydrogen) atoms. The third-order valence-corrected chi connectivity index (χ3v) is 6.23. The van der Waals surface area contributed by atoms with Crippen LogP contribution in [-0.4, -0.2) is 22.6 Å². The Bertz CT molecular complexity index is 873. The Morgan fingerprint density at radius 3 is 2.68 bits per heavy atom. The predicted octanol–water partition coefficient (Wildman–Crippen LogP) is 4.50. The van der Waals surface area contributed by atoms with Gasteiger partial charge in [0.15, 0.2) is 5.75 Å². The topological polar surface area (TPSA) is 56.1 Å². The summed E-state index contributed by atoms with van der Waals surface area (Å²) in [7, 11) is 1.57. The molecule has 5 nitrogen and oxygen atoms in total. The Balaban J connectivity index is 1.75. The number of hydrogen-bond acceptors (Lipinski definition) is 4. The Labute approximate surface area is 158 Å². The smallest absolute Gasteiger partial charge is 0.265 e. The van der Waals surface area contributed by atoms with E-state index in [0.717, 1.165) is 20.6 Å². The van der Waals surface area contributed by atoms with E-state index in [9.17, 15) is 4.79 Å². The quantitative estimate of drug-likeness (QED) is 0.661. The van der Waals surface area contributed by atoms with Gasteiger partial charge < -0.3 is 14.6 Å². The van der Waals surface area contributed by atoms with Gasteiger partial charge in [0.05, 0.1) is 24.0 Å². The number of nitrogens with zero attached hydrogens (tertiary/aromatic N) is 2. The van der Waals surface area contributed by atoms with Crippen LogP contribution in [0.25, 0.3) is 5.69 Å². The Morgan fingerprint density at radius 2 is 2.08 bits per heavy atom. The van der Waals surface area contributed by atoms with Gasteiger partial charge in [0.25, 0.3) is 5.91 Å². The van der Waals surface area contributed by atoms with Crippen molar-refractivity contribution in [3.63, 3.8) is 0 Å². The Hall–Kier alpha value is -2.12. The molecule has 0 fully saturated rings.